The average Bonchev–Trinajstić information content (AvgIpc) is 2.54. The molecule has 2 aliphatic carbocycles. The number of hydrogen-bond acceptors (Lipinski definition) is 4. The van der Waals surface area contributed by atoms with E-state index in [4.69, 9.17) is 4.74 Å². The Kier molecular flexibility index (Phi) is 5.82. The maximum atomic E-state index is 11.8. The first kappa shape index (κ1) is 20.1. The van der Waals surface area contributed by atoms with Gasteiger partial charge in [0, 0.05) is 37.9 Å². The number of hydrogen-bond donors (Lipinski definition) is 2. The first-order valence-electron chi connectivity index (χ1n) is 9.68. The van der Waals surface area contributed by atoms with Gasteiger partial charge < -0.3 is 15.4 Å². The van der Waals surface area contributed by atoms with Crippen molar-refractivity contribution in [2.45, 2.75) is 63.1 Å². The molecule has 27 heavy (non-hydrogen) atoms. The van der Waals surface area contributed by atoms with Crippen LogP contribution < -0.4 is 10.6 Å². The van der Waals surface area contributed by atoms with Gasteiger partial charge in [-0.3, -0.25) is 4.99 Å². The maximum absolute atomic E-state index is 11.8. The van der Waals surface area contributed by atoms with Crippen molar-refractivity contribution in [2.24, 2.45) is 10.4 Å². The van der Waals surface area contributed by atoms with E-state index in [0.29, 0.717) is 23.6 Å². The third-order valence-corrected chi connectivity index (χ3v) is 7.33. The molecule has 0 saturated heterocycles. The van der Waals surface area contributed by atoms with E-state index >= 15 is 0 Å². The molecule has 0 radical (unpaired) electrons. The molecule has 0 heterocycles. The van der Waals surface area contributed by atoms with Crippen LogP contribution in [-0.2, 0) is 21.1 Å². The van der Waals surface area contributed by atoms with Crippen LogP contribution in [0.25, 0.3) is 0 Å². The van der Waals surface area contributed by atoms with Crippen LogP contribution in [0.1, 0.15) is 43.7 Å². The van der Waals surface area contributed by atoms with E-state index in [1.165, 1.54) is 25.5 Å². The first-order valence-corrected chi connectivity index (χ1v) is 11.6. The molecule has 150 valence electrons. The molecule has 1 spiro atoms. The summed E-state index contributed by atoms with van der Waals surface area (Å²) in [5.74, 6) is 0.783. The van der Waals surface area contributed by atoms with Gasteiger partial charge in [-0.15, -0.1) is 0 Å². The Morgan fingerprint density at radius 1 is 1.37 bits per heavy atom. The van der Waals surface area contributed by atoms with Crippen LogP contribution in [0.15, 0.2) is 28.1 Å². The minimum atomic E-state index is -3.19. The third-order valence-electron chi connectivity index (χ3n) is 6.07. The van der Waals surface area contributed by atoms with Gasteiger partial charge in [-0.05, 0) is 50.3 Å². The lowest BCUT2D eigenvalue weighted by Crippen LogP contribution is -2.68. The standard InChI is InChI=1S/C20H31N3O3S/c1-5-26-18-12-17(20(18)9-6-10-20)23-19(21-3)22-13-15-7-8-16(14(2)11-15)27(4,24)25/h7-8,11,17-18H,5-6,9-10,12-13H2,1-4H3,(H2,21,22,23). The molecule has 1 aromatic carbocycles. The number of aliphatic imine (C=N–C) groups is 1. The van der Waals surface area contributed by atoms with Crippen LogP contribution in [0, 0.1) is 12.3 Å². The Labute approximate surface area is 162 Å². The Hall–Kier alpha value is -1.60. The largest absolute Gasteiger partial charge is 0.378 e. The highest BCUT2D eigenvalue weighted by molar-refractivity contribution is 7.90. The Bertz CT molecular complexity index is 816. The van der Waals surface area contributed by atoms with Gasteiger partial charge in [-0.1, -0.05) is 18.6 Å². The summed E-state index contributed by atoms with van der Waals surface area (Å²) in [4.78, 5) is 4.74. The molecule has 0 bridgehead atoms. The van der Waals surface area contributed by atoms with Crippen molar-refractivity contribution >= 4 is 15.8 Å². The van der Waals surface area contributed by atoms with Crippen LogP contribution >= 0.6 is 0 Å². The number of aryl methyl sites for hydroxylation is 1. The van der Waals surface area contributed by atoms with Gasteiger partial charge in [-0.2, -0.15) is 0 Å². The van der Waals surface area contributed by atoms with Gasteiger partial charge in [0.05, 0.1) is 11.0 Å². The van der Waals surface area contributed by atoms with Crippen molar-refractivity contribution in [1.82, 2.24) is 10.6 Å². The fourth-order valence-electron chi connectivity index (χ4n) is 4.42. The number of nitrogens with one attached hydrogen (secondary N) is 2. The highest BCUT2D eigenvalue weighted by atomic mass is 32.2. The van der Waals surface area contributed by atoms with Crippen molar-refractivity contribution < 1.29 is 13.2 Å². The lowest BCUT2D eigenvalue weighted by atomic mass is 9.51. The Morgan fingerprint density at radius 2 is 2.11 bits per heavy atom. The predicted octanol–water partition coefficient (Wildman–Crippen LogP) is 2.41. The molecule has 0 aliphatic heterocycles. The van der Waals surface area contributed by atoms with E-state index in [-0.39, 0.29) is 5.41 Å². The van der Waals surface area contributed by atoms with Gasteiger partial charge in [0.2, 0.25) is 0 Å². The number of benzene rings is 1. The summed E-state index contributed by atoms with van der Waals surface area (Å²) in [7, 11) is -1.41. The van der Waals surface area contributed by atoms with Crippen LogP contribution in [0.3, 0.4) is 0 Å². The van der Waals surface area contributed by atoms with E-state index in [2.05, 4.69) is 22.5 Å². The molecular formula is C20H31N3O3S. The van der Waals surface area contributed by atoms with Gasteiger partial charge in [-0.25, -0.2) is 8.42 Å². The monoisotopic (exact) mass is 393 g/mol. The van der Waals surface area contributed by atoms with Gasteiger partial charge >= 0.3 is 0 Å². The average molecular weight is 394 g/mol. The summed E-state index contributed by atoms with van der Waals surface area (Å²) in [6, 6.07) is 5.85. The molecule has 2 atom stereocenters. The minimum absolute atomic E-state index is 0.279. The van der Waals surface area contributed by atoms with Gasteiger partial charge in [0.1, 0.15) is 0 Å². The van der Waals surface area contributed by atoms with Crippen molar-refractivity contribution in [3.63, 3.8) is 0 Å². The highest BCUT2D eigenvalue weighted by Gasteiger charge is 2.59. The molecule has 2 N–H and O–H groups in total. The third kappa shape index (κ3) is 3.99. The number of sulfone groups is 1. The number of nitrogens with zero attached hydrogens (tertiary/aromatic N) is 1. The normalized spacial score (nSPS) is 24.2. The molecular weight excluding hydrogens is 362 g/mol. The second-order valence-corrected chi connectivity index (χ2v) is 9.75. The molecule has 2 aliphatic rings. The summed E-state index contributed by atoms with van der Waals surface area (Å²) in [6.45, 7) is 5.26. The molecule has 6 nitrogen and oxygen atoms in total. The summed E-state index contributed by atoms with van der Waals surface area (Å²) >= 11 is 0. The Morgan fingerprint density at radius 3 is 2.63 bits per heavy atom. The molecule has 2 saturated carbocycles. The molecule has 7 heteroatoms. The summed E-state index contributed by atoms with van der Waals surface area (Å²) in [5.41, 5.74) is 2.08. The summed E-state index contributed by atoms with van der Waals surface area (Å²) in [6.07, 6.45) is 6.36. The minimum Gasteiger partial charge on any atom is -0.378 e. The SMILES string of the molecule is CCOC1CC(NC(=NC)NCc2ccc(S(C)(=O)=O)c(C)c2)C12CCC2. The van der Waals surface area contributed by atoms with Crippen molar-refractivity contribution in [3.8, 4) is 0 Å². The van der Waals surface area contributed by atoms with E-state index in [1.807, 2.05) is 19.1 Å². The van der Waals surface area contributed by atoms with Crippen LogP contribution in [-0.4, -0.2) is 46.4 Å². The van der Waals surface area contributed by atoms with Crippen molar-refractivity contribution in [1.29, 1.82) is 0 Å². The number of rotatable bonds is 6. The highest BCUT2D eigenvalue weighted by Crippen LogP contribution is 2.57. The lowest BCUT2D eigenvalue weighted by molar-refractivity contribution is -0.168. The molecule has 2 fully saturated rings. The Balaban J connectivity index is 1.58. The zero-order valence-corrected chi connectivity index (χ0v) is 17.5. The lowest BCUT2D eigenvalue weighted by Gasteiger charge is -2.61. The quantitative estimate of drug-likeness (QED) is 0.573. The zero-order chi connectivity index (χ0) is 19.7. The van der Waals surface area contributed by atoms with Crippen molar-refractivity contribution in [2.75, 3.05) is 19.9 Å². The maximum Gasteiger partial charge on any atom is 0.191 e. The predicted molar refractivity (Wildman–Crippen MR) is 108 cm³/mol. The fourth-order valence-corrected chi connectivity index (χ4v) is 5.38. The fraction of sp³-hybridized carbons (Fsp3) is 0.650. The number of ether oxygens (including phenoxy) is 1. The van der Waals surface area contributed by atoms with Gasteiger partial charge in [0.15, 0.2) is 15.8 Å². The van der Waals surface area contributed by atoms with E-state index in [9.17, 15) is 8.42 Å². The number of guanidine groups is 1. The van der Waals surface area contributed by atoms with Gasteiger partial charge in [0.25, 0.3) is 0 Å². The van der Waals surface area contributed by atoms with E-state index in [0.717, 1.165) is 30.1 Å². The molecule has 2 unspecified atom stereocenters. The summed E-state index contributed by atoms with van der Waals surface area (Å²) in [5, 5.41) is 6.92. The van der Waals surface area contributed by atoms with Crippen LogP contribution in [0.2, 0.25) is 0 Å². The molecule has 3 rings (SSSR count). The molecule has 0 aromatic heterocycles. The van der Waals surface area contributed by atoms with Crippen molar-refractivity contribution in [3.05, 3.63) is 29.3 Å². The zero-order valence-electron chi connectivity index (χ0n) is 16.7. The second-order valence-electron chi connectivity index (χ2n) is 7.76. The van der Waals surface area contributed by atoms with E-state index in [1.54, 1.807) is 13.1 Å². The smallest absolute Gasteiger partial charge is 0.191 e. The van der Waals surface area contributed by atoms with Crippen LogP contribution in [0.4, 0.5) is 0 Å². The van der Waals surface area contributed by atoms with E-state index < -0.39 is 9.84 Å². The second kappa shape index (κ2) is 7.80. The molecule has 1 aromatic rings. The molecule has 0 amide bonds. The topological polar surface area (TPSA) is 79.8 Å². The summed E-state index contributed by atoms with van der Waals surface area (Å²) < 4.78 is 29.4. The first-order chi connectivity index (χ1) is 12.8. The van der Waals surface area contributed by atoms with Crippen LogP contribution in [0.5, 0.6) is 0 Å².